The second kappa shape index (κ2) is 8.44. The number of ether oxygens (including phenoxy) is 2. The highest BCUT2D eigenvalue weighted by Gasteiger charge is 2.57. The molecular formula is C20H38N4O2. The number of nitrogens with zero attached hydrogens (tertiary/aromatic N) is 2. The van der Waals surface area contributed by atoms with Gasteiger partial charge in [-0.15, -0.1) is 0 Å². The van der Waals surface area contributed by atoms with Crippen LogP contribution in [0.4, 0.5) is 0 Å². The quantitative estimate of drug-likeness (QED) is 0.556. The van der Waals surface area contributed by atoms with Gasteiger partial charge in [0.2, 0.25) is 0 Å². The summed E-state index contributed by atoms with van der Waals surface area (Å²) in [5.74, 6) is 0.934. The minimum Gasteiger partial charge on any atom is -0.381 e. The van der Waals surface area contributed by atoms with Crippen LogP contribution < -0.4 is 10.6 Å². The molecule has 0 radical (unpaired) electrons. The molecule has 3 aliphatic rings. The van der Waals surface area contributed by atoms with E-state index in [4.69, 9.17) is 9.47 Å². The number of aliphatic imine (C=N–C) groups is 1. The van der Waals surface area contributed by atoms with Gasteiger partial charge in [0, 0.05) is 50.4 Å². The topological polar surface area (TPSA) is 58.1 Å². The zero-order valence-electron chi connectivity index (χ0n) is 17.1. The number of nitrogens with one attached hydrogen (secondary N) is 2. The number of hydrogen-bond donors (Lipinski definition) is 2. The molecule has 2 unspecified atom stereocenters. The third-order valence-corrected chi connectivity index (χ3v) is 7.18. The number of guanidine groups is 1. The number of likely N-dealkylation sites (N-methyl/N-ethyl adjacent to an activating group) is 1. The zero-order chi connectivity index (χ0) is 18.6. The van der Waals surface area contributed by atoms with Gasteiger partial charge in [-0.2, -0.15) is 0 Å². The molecule has 0 aromatic heterocycles. The lowest BCUT2D eigenvalue weighted by Crippen LogP contribution is -2.66. The number of rotatable bonds is 6. The van der Waals surface area contributed by atoms with Crippen molar-refractivity contribution in [2.75, 3.05) is 47.5 Å². The summed E-state index contributed by atoms with van der Waals surface area (Å²) in [5.41, 5.74) is 0.472. The lowest BCUT2D eigenvalue weighted by Gasteiger charge is -2.54. The maximum Gasteiger partial charge on any atom is 0.191 e. The second-order valence-corrected chi connectivity index (χ2v) is 8.47. The highest BCUT2D eigenvalue weighted by molar-refractivity contribution is 5.80. The van der Waals surface area contributed by atoms with Crippen molar-refractivity contribution in [1.82, 2.24) is 15.5 Å². The summed E-state index contributed by atoms with van der Waals surface area (Å²) in [7, 11) is 6.23. The minimum absolute atomic E-state index is 0.147. The van der Waals surface area contributed by atoms with E-state index in [-0.39, 0.29) is 5.54 Å². The van der Waals surface area contributed by atoms with Gasteiger partial charge >= 0.3 is 0 Å². The van der Waals surface area contributed by atoms with Crippen LogP contribution in [0.2, 0.25) is 0 Å². The Labute approximate surface area is 159 Å². The fraction of sp³-hybridized carbons (Fsp3) is 0.950. The first-order valence-electron chi connectivity index (χ1n) is 10.4. The molecule has 1 heterocycles. The first kappa shape index (κ1) is 19.9. The molecule has 2 atom stereocenters. The van der Waals surface area contributed by atoms with E-state index in [1.54, 1.807) is 0 Å². The molecule has 0 aromatic carbocycles. The lowest BCUT2D eigenvalue weighted by molar-refractivity contribution is -0.125. The van der Waals surface area contributed by atoms with Crippen molar-refractivity contribution < 1.29 is 9.47 Å². The van der Waals surface area contributed by atoms with Gasteiger partial charge in [0.15, 0.2) is 5.96 Å². The molecular weight excluding hydrogens is 328 g/mol. The first-order valence-corrected chi connectivity index (χ1v) is 10.4. The van der Waals surface area contributed by atoms with Crippen molar-refractivity contribution in [2.45, 2.75) is 69.6 Å². The van der Waals surface area contributed by atoms with E-state index < -0.39 is 0 Å². The van der Waals surface area contributed by atoms with Gasteiger partial charge in [-0.3, -0.25) is 4.99 Å². The molecule has 0 bridgehead atoms. The Morgan fingerprint density at radius 2 is 1.88 bits per heavy atom. The maximum atomic E-state index is 6.04. The van der Waals surface area contributed by atoms with E-state index in [9.17, 15) is 0 Å². The van der Waals surface area contributed by atoms with Crippen LogP contribution in [0.5, 0.6) is 0 Å². The van der Waals surface area contributed by atoms with Crippen LogP contribution in [0.1, 0.15) is 51.9 Å². The normalized spacial score (nSPS) is 30.4. The monoisotopic (exact) mass is 366 g/mol. The molecule has 6 heteroatoms. The van der Waals surface area contributed by atoms with Crippen molar-refractivity contribution in [3.05, 3.63) is 0 Å². The summed E-state index contributed by atoms with van der Waals surface area (Å²) in [6.07, 6.45) is 8.87. The van der Waals surface area contributed by atoms with E-state index in [2.05, 4.69) is 41.5 Å². The predicted octanol–water partition coefficient (Wildman–Crippen LogP) is 2.00. The van der Waals surface area contributed by atoms with E-state index >= 15 is 0 Å². The molecule has 3 fully saturated rings. The molecule has 0 amide bonds. The first-order chi connectivity index (χ1) is 12.6. The summed E-state index contributed by atoms with van der Waals surface area (Å²) in [6.45, 7) is 5.51. The molecule has 0 aromatic rings. The molecule has 2 saturated carbocycles. The smallest absolute Gasteiger partial charge is 0.191 e. The van der Waals surface area contributed by atoms with Gasteiger partial charge < -0.3 is 25.0 Å². The van der Waals surface area contributed by atoms with Gasteiger partial charge in [-0.05, 0) is 53.1 Å². The van der Waals surface area contributed by atoms with Crippen LogP contribution in [0.3, 0.4) is 0 Å². The summed E-state index contributed by atoms with van der Waals surface area (Å²) >= 11 is 0. The van der Waals surface area contributed by atoms with Crippen LogP contribution in [0, 0.1) is 5.41 Å². The van der Waals surface area contributed by atoms with Crippen molar-refractivity contribution in [3.63, 3.8) is 0 Å². The third kappa shape index (κ3) is 3.73. The molecule has 2 aliphatic carbocycles. The van der Waals surface area contributed by atoms with Crippen molar-refractivity contribution in [1.29, 1.82) is 0 Å². The fourth-order valence-electron chi connectivity index (χ4n) is 5.23. The summed E-state index contributed by atoms with van der Waals surface area (Å²) in [4.78, 5) is 6.86. The average Bonchev–Trinajstić information content (AvgIpc) is 3.17. The van der Waals surface area contributed by atoms with E-state index in [1.807, 2.05) is 7.05 Å². The Bertz CT molecular complexity index is 482. The zero-order valence-corrected chi connectivity index (χ0v) is 17.1. The van der Waals surface area contributed by atoms with Crippen LogP contribution in [0.15, 0.2) is 4.99 Å². The Morgan fingerprint density at radius 1 is 1.19 bits per heavy atom. The second-order valence-electron chi connectivity index (χ2n) is 8.47. The Morgan fingerprint density at radius 3 is 2.46 bits per heavy atom. The van der Waals surface area contributed by atoms with Gasteiger partial charge in [0.05, 0.1) is 6.10 Å². The molecule has 1 spiro atoms. The Balaban J connectivity index is 1.58. The fourth-order valence-corrected chi connectivity index (χ4v) is 5.23. The highest BCUT2D eigenvalue weighted by atomic mass is 16.5. The van der Waals surface area contributed by atoms with Gasteiger partial charge in [0.1, 0.15) is 0 Å². The third-order valence-electron chi connectivity index (χ3n) is 7.18. The molecule has 26 heavy (non-hydrogen) atoms. The lowest BCUT2D eigenvalue weighted by atomic mass is 9.60. The Hall–Kier alpha value is -0.850. The maximum absolute atomic E-state index is 6.04. The minimum atomic E-state index is 0.147. The van der Waals surface area contributed by atoms with Crippen molar-refractivity contribution in [2.24, 2.45) is 10.4 Å². The van der Waals surface area contributed by atoms with Crippen LogP contribution in [-0.4, -0.2) is 76.1 Å². The molecule has 6 nitrogen and oxygen atoms in total. The van der Waals surface area contributed by atoms with Gasteiger partial charge in [-0.25, -0.2) is 0 Å². The van der Waals surface area contributed by atoms with Gasteiger partial charge in [0.25, 0.3) is 0 Å². The molecule has 2 N–H and O–H groups in total. The Kier molecular flexibility index (Phi) is 6.46. The summed E-state index contributed by atoms with van der Waals surface area (Å²) < 4.78 is 11.6. The molecule has 1 aliphatic heterocycles. The predicted molar refractivity (Wildman–Crippen MR) is 106 cm³/mol. The van der Waals surface area contributed by atoms with E-state index in [0.29, 0.717) is 17.6 Å². The van der Waals surface area contributed by atoms with Crippen molar-refractivity contribution in [3.8, 4) is 0 Å². The molecule has 3 rings (SSSR count). The highest BCUT2D eigenvalue weighted by Crippen LogP contribution is 2.54. The summed E-state index contributed by atoms with van der Waals surface area (Å²) in [6, 6.07) is 0.484. The largest absolute Gasteiger partial charge is 0.381 e. The molecule has 1 saturated heterocycles. The SMILES string of the molecule is CCOC1CC(NC(=NC)NCC2(N(C)C)CCOCC2)C12CCCC2. The van der Waals surface area contributed by atoms with Crippen LogP contribution in [0.25, 0.3) is 0 Å². The number of hydrogen-bond acceptors (Lipinski definition) is 4. The van der Waals surface area contributed by atoms with Crippen LogP contribution >= 0.6 is 0 Å². The van der Waals surface area contributed by atoms with Gasteiger partial charge in [-0.1, -0.05) is 12.8 Å². The van der Waals surface area contributed by atoms with E-state index in [1.165, 1.54) is 25.7 Å². The standard InChI is InChI=1S/C20H38N4O2/c1-5-26-17-14-16(20(17)8-6-7-9-20)23-18(21-2)22-15-19(24(3)4)10-12-25-13-11-19/h16-17H,5-15H2,1-4H3,(H2,21,22,23). The van der Waals surface area contributed by atoms with E-state index in [0.717, 1.165) is 51.6 Å². The van der Waals surface area contributed by atoms with Crippen molar-refractivity contribution >= 4 is 5.96 Å². The molecule has 150 valence electrons. The van der Waals surface area contributed by atoms with Crippen LogP contribution in [-0.2, 0) is 9.47 Å². The average molecular weight is 367 g/mol. The summed E-state index contributed by atoms with van der Waals surface area (Å²) in [5, 5.41) is 7.34.